The third-order valence-corrected chi connectivity index (χ3v) is 10.1. The van der Waals surface area contributed by atoms with Crippen LogP contribution in [-0.4, -0.2) is 63.1 Å². The summed E-state index contributed by atoms with van der Waals surface area (Å²) in [5, 5.41) is 2.26. The van der Waals surface area contributed by atoms with Crippen molar-refractivity contribution >= 4 is 46.2 Å². The van der Waals surface area contributed by atoms with Crippen molar-refractivity contribution in [2.75, 3.05) is 51.1 Å². The molecule has 0 saturated carbocycles. The maximum absolute atomic E-state index is 11.0. The van der Waals surface area contributed by atoms with E-state index in [1.807, 2.05) is 49.4 Å². The number of benzene rings is 5. The molecule has 0 aromatic heterocycles. The first-order valence-corrected chi connectivity index (χ1v) is 20.4. The molecule has 0 fully saturated rings. The maximum Gasteiger partial charge on any atom is 0.330 e. The molecule has 5 aromatic rings. The Balaban J connectivity index is 1.04. The highest BCUT2D eigenvalue weighted by Gasteiger charge is 2.04. The van der Waals surface area contributed by atoms with E-state index >= 15 is 0 Å². The molecule has 0 radical (unpaired) electrons. The largest absolute Gasteiger partial charge is 0.489 e. The van der Waals surface area contributed by atoms with E-state index in [4.69, 9.17) is 23.7 Å². The van der Waals surface area contributed by atoms with Crippen LogP contribution < -0.4 is 4.74 Å². The zero-order chi connectivity index (χ0) is 40.1. The fourth-order valence-electron chi connectivity index (χ4n) is 5.23. The van der Waals surface area contributed by atoms with Gasteiger partial charge in [-0.2, -0.15) is 0 Å². The van der Waals surface area contributed by atoms with Gasteiger partial charge in [-0.1, -0.05) is 55.0 Å². The topological polar surface area (TPSA) is 80.3 Å². The van der Waals surface area contributed by atoms with E-state index in [9.17, 15) is 9.59 Å². The van der Waals surface area contributed by atoms with Crippen LogP contribution in [-0.2, 0) is 35.1 Å². The first-order valence-electron chi connectivity index (χ1n) is 18.4. The highest BCUT2D eigenvalue weighted by molar-refractivity contribution is 7.99. The van der Waals surface area contributed by atoms with E-state index in [1.54, 1.807) is 23.5 Å². The van der Waals surface area contributed by atoms with Crippen LogP contribution >= 0.6 is 23.5 Å². The Labute approximate surface area is 343 Å². The SMILES string of the molecule is C=CC(=O)OCCOCCSc1ccc(C#Cc2ccc(OCc3ccc4cc(C#Cc5ccc(SCCOCCOC(=O)C=C)cc5)ccc4c3)c(C)c2)cc1. The van der Waals surface area contributed by atoms with Gasteiger partial charge < -0.3 is 23.7 Å². The molecule has 5 rings (SSSR count). The lowest BCUT2D eigenvalue weighted by Crippen LogP contribution is -2.09. The Bertz CT molecular complexity index is 2260. The molecule has 0 aliphatic heterocycles. The summed E-state index contributed by atoms with van der Waals surface area (Å²) in [6.07, 6.45) is 2.28. The molecule has 0 N–H and O–H groups in total. The van der Waals surface area contributed by atoms with Gasteiger partial charge in [0, 0.05) is 55.7 Å². The van der Waals surface area contributed by atoms with E-state index < -0.39 is 11.9 Å². The van der Waals surface area contributed by atoms with E-state index in [-0.39, 0.29) is 13.2 Å². The molecule has 0 bridgehead atoms. The van der Waals surface area contributed by atoms with Crippen LogP contribution in [0.2, 0.25) is 0 Å². The first-order chi connectivity index (χ1) is 27.9. The molecule has 0 saturated heterocycles. The smallest absolute Gasteiger partial charge is 0.330 e. The third-order valence-electron chi connectivity index (χ3n) is 8.16. The number of hydrogen-bond acceptors (Lipinski definition) is 9. The summed E-state index contributed by atoms with van der Waals surface area (Å²) in [6.45, 7) is 11.5. The summed E-state index contributed by atoms with van der Waals surface area (Å²) in [5.74, 6) is 14.6. The molecule has 0 spiro atoms. The van der Waals surface area contributed by atoms with Crippen LogP contribution in [0, 0.1) is 30.6 Å². The Hall–Kier alpha value is -5.68. The Kier molecular flexibility index (Phi) is 17.4. The van der Waals surface area contributed by atoms with Gasteiger partial charge in [0.05, 0.1) is 26.4 Å². The van der Waals surface area contributed by atoms with Gasteiger partial charge in [0.25, 0.3) is 0 Å². The number of hydrogen-bond donors (Lipinski definition) is 0. The number of thioether (sulfide) groups is 2. The maximum atomic E-state index is 11.0. The molecular weight excluding hydrogens is 753 g/mol. The normalized spacial score (nSPS) is 10.4. The number of carbonyl (C=O) groups is 2. The van der Waals surface area contributed by atoms with Crippen molar-refractivity contribution in [3.05, 3.63) is 162 Å². The highest BCUT2D eigenvalue weighted by atomic mass is 32.2. The second-order valence-corrected chi connectivity index (χ2v) is 14.7. The first kappa shape index (κ1) is 42.5. The van der Waals surface area contributed by atoms with E-state index in [0.717, 1.165) is 83.4 Å². The second kappa shape index (κ2) is 23.4. The van der Waals surface area contributed by atoms with Gasteiger partial charge in [-0.15, -0.1) is 23.5 Å². The van der Waals surface area contributed by atoms with Crippen LogP contribution in [0.5, 0.6) is 5.75 Å². The van der Waals surface area contributed by atoms with E-state index in [1.165, 1.54) is 0 Å². The lowest BCUT2D eigenvalue weighted by Gasteiger charge is -2.10. The lowest BCUT2D eigenvalue weighted by molar-refractivity contribution is -0.140. The number of esters is 2. The molecule has 0 heterocycles. The van der Waals surface area contributed by atoms with Gasteiger partial charge in [-0.05, 0) is 114 Å². The van der Waals surface area contributed by atoms with Crippen LogP contribution in [0.1, 0.15) is 33.4 Å². The molecule has 0 atom stereocenters. The zero-order valence-electron chi connectivity index (χ0n) is 31.9. The van der Waals surface area contributed by atoms with Crippen molar-refractivity contribution in [3.8, 4) is 29.4 Å². The molecule has 0 amide bonds. The number of carbonyl (C=O) groups excluding carboxylic acids is 2. The fourth-order valence-corrected chi connectivity index (χ4v) is 6.76. The Morgan fingerprint density at radius 1 is 0.561 bits per heavy atom. The summed E-state index contributed by atoms with van der Waals surface area (Å²) in [7, 11) is 0. The minimum atomic E-state index is -0.440. The quantitative estimate of drug-likeness (QED) is 0.0267. The zero-order valence-corrected chi connectivity index (χ0v) is 33.6. The highest BCUT2D eigenvalue weighted by Crippen LogP contribution is 2.24. The standard InChI is InChI=1S/C48H44O7S2/c1-4-47(49)53-26-24-51-28-30-56-44-19-12-37(13-20-44)6-8-39-16-23-46(36(3)32-39)55-35-41-11-18-42-33-40(10-17-43(42)34-41)9-7-38-14-21-45(22-15-38)57-31-29-52-25-27-54-48(50)5-2/h4-5,10-23,32-34H,1-2,24-31,35H2,3H3. The minimum absolute atomic E-state index is 0.226. The van der Waals surface area contributed by atoms with E-state index in [0.29, 0.717) is 33.0 Å². The van der Waals surface area contributed by atoms with E-state index in [2.05, 4.69) is 97.5 Å². The Morgan fingerprint density at radius 3 is 1.58 bits per heavy atom. The average Bonchev–Trinajstić information content (AvgIpc) is 3.24. The van der Waals surface area contributed by atoms with Crippen LogP contribution in [0.3, 0.4) is 0 Å². The molecule has 290 valence electrons. The number of rotatable bonds is 19. The summed E-state index contributed by atoms with van der Waals surface area (Å²) in [5.41, 5.74) is 5.89. The van der Waals surface area contributed by atoms with Crippen LogP contribution in [0.15, 0.2) is 138 Å². The van der Waals surface area contributed by atoms with Gasteiger partial charge in [-0.25, -0.2) is 9.59 Å². The molecule has 5 aromatic carbocycles. The monoisotopic (exact) mass is 796 g/mol. The van der Waals surface area contributed by atoms with Crippen molar-refractivity contribution in [2.24, 2.45) is 0 Å². The number of ether oxygens (including phenoxy) is 5. The lowest BCUT2D eigenvalue weighted by atomic mass is 10.0. The molecule has 9 heteroatoms. The molecule has 0 aliphatic carbocycles. The number of fused-ring (bicyclic) bond motifs is 1. The summed E-state index contributed by atoms with van der Waals surface area (Å²) in [4.78, 5) is 24.3. The van der Waals surface area contributed by atoms with Crippen LogP contribution in [0.25, 0.3) is 10.8 Å². The van der Waals surface area contributed by atoms with Gasteiger partial charge in [0.15, 0.2) is 0 Å². The van der Waals surface area contributed by atoms with Gasteiger partial charge in [0.2, 0.25) is 0 Å². The van der Waals surface area contributed by atoms with Crippen molar-refractivity contribution < 1.29 is 33.3 Å². The molecular formula is C48H44O7S2. The van der Waals surface area contributed by atoms with Crippen LogP contribution in [0.4, 0.5) is 0 Å². The molecule has 0 unspecified atom stereocenters. The van der Waals surface area contributed by atoms with Crippen molar-refractivity contribution in [1.29, 1.82) is 0 Å². The molecule has 57 heavy (non-hydrogen) atoms. The summed E-state index contributed by atoms with van der Waals surface area (Å²) >= 11 is 3.40. The molecule has 7 nitrogen and oxygen atoms in total. The van der Waals surface area contributed by atoms with Crippen molar-refractivity contribution in [3.63, 3.8) is 0 Å². The second-order valence-electron chi connectivity index (χ2n) is 12.4. The van der Waals surface area contributed by atoms with Gasteiger partial charge in [-0.3, -0.25) is 0 Å². The predicted octanol–water partition coefficient (Wildman–Crippen LogP) is 9.20. The summed E-state index contributed by atoms with van der Waals surface area (Å²) in [6, 6.07) is 35.0. The average molecular weight is 797 g/mol. The summed E-state index contributed by atoms with van der Waals surface area (Å²) < 4.78 is 27.0. The van der Waals surface area contributed by atoms with Crippen molar-refractivity contribution in [1.82, 2.24) is 0 Å². The Morgan fingerprint density at radius 2 is 1.04 bits per heavy atom. The van der Waals surface area contributed by atoms with Crippen molar-refractivity contribution in [2.45, 2.75) is 23.3 Å². The third kappa shape index (κ3) is 15.1. The predicted molar refractivity (Wildman–Crippen MR) is 230 cm³/mol. The van der Waals surface area contributed by atoms with Gasteiger partial charge in [0.1, 0.15) is 25.6 Å². The number of aryl methyl sites for hydroxylation is 1. The molecule has 0 aliphatic rings. The minimum Gasteiger partial charge on any atom is -0.489 e. The van der Waals surface area contributed by atoms with Gasteiger partial charge >= 0.3 is 11.9 Å². The fraction of sp³-hybridized carbons (Fsp3) is 0.208.